The largest absolute Gasteiger partial charge is 0.378 e. The first-order valence-corrected chi connectivity index (χ1v) is 5.24. The normalized spacial score (nSPS) is 22.1. The maximum Gasteiger partial charge on any atom is 0.169 e. The Labute approximate surface area is 85.9 Å². The predicted molar refractivity (Wildman–Crippen MR) is 54.3 cm³/mol. The second-order valence-corrected chi connectivity index (χ2v) is 3.53. The molecule has 0 amide bonds. The lowest BCUT2D eigenvalue weighted by Crippen LogP contribution is -2.31. The standard InChI is InChI=1S/C10H21NO3/c1-12-10(13-2)8-11-6-5-9-4-3-7-14-9/h9-11H,3-8H2,1-2H3. The summed E-state index contributed by atoms with van der Waals surface area (Å²) in [4.78, 5) is 0. The molecule has 1 saturated heterocycles. The van der Waals surface area contributed by atoms with Crippen LogP contribution in [0.25, 0.3) is 0 Å². The third kappa shape index (κ3) is 4.37. The second-order valence-electron chi connectivity index (χ2n) is 3.53. The number of rotatable bonds is 7. The monoisotopic (exact) mass is 203 g/mol. The molecule has 1 unspecified atom stereocenters. The van der Waals surface area contributed by atoms with Gasteiger partial charge >= 0.3 is 0 Å². The summed E-state index contributed by atoms with van der Waals surface area (Å²) in [6.45, 7) is 2.64. The number of hydrogen-bond acceptors (Lipinski definition) is 4. The molecule has 4 heteroatoms. The molecule has 1 atom stereocenters. The van der Waals surface area contributed by atoms with Crippen LogP contribution in [0.2, 0.25) is 0 Å². The van der Waals surface area contributed by atoms with Gasteiger partial charge in [0.1, 0.15) is 0 Å². The van der Waals surface area contributed by atoms with Gasteiger partial charge in [0.2, 0.25) is 0 Å². The fourth-order valence-corrected chi connectivity index (χ4v) is 1.62. The van der Waals surface area contributed by atoms with E-state index >= 15 is 0 Å². The van der Waals surface area contributed by atoms with Gasteiger partial charge in [0.25, 0.3) is 0 Å². The van der Waals surface area contributed by atoms with E-state index in [1.54, 1.807) is 14.2 Å². The van der Waals surface area contributed by atoms with E-state index in [1.165, 1.54) is 12.8 Å². The predicted octanol–water partition coefficient (Wildman–Crippen LogP) is 0.764. The van der Waals surface area contributed by atoms with Gasteiger partial charge in [0.05, 0.1) is 6.10 Å². The summed E-state index contributed by atoms with van der Waals surface area (Å²) in [5.74, 6) is 0. The lowest BCUT2D eigenvalue weighted by molar-refractivity contribution is -0.0988. The van der Waals surface area contributed by atoms with Crippen molar-refractivity contribution in [1.82, 2.24) is 5.32 Å². The van der Waals surface area contributed by atoms with Gasteiger partial charge < -0.3 is 19.5 Å². The Bertz CT molecular complexity index is 129. The van der Waals surface area contributed by atoms with E-state index in [2.05, 4.69) is 5.32 Å². The minimum Gasteiger partial charge on any atom is -0.378 e. The average molecular weight is 203 g/mol. The fourth-order valence-electron chi connectivity index (χ4n) is 1.62. The molecule has 84 valence electrons. The van der Waals surface area contributed by atoms with E-state index in [0.717, 1.165) is 26.1 Å². The molecule has 0 aliphatic carbocycles. The lowest BCUT2D eigenvalue weighted by Gasteiger charge is -2.15. The van der Waals surface area contributed by atoms with Gasteiger partial charge in [0.15, 0.2) is 6.29 Å². The topological polar surface area (TPSA) is 39.7 Å². The SMILES string of the molecule is COC(CNCCC1CCCO1)OC. The zero-order valence-electron chi connectivity index (χ0n) is 9.12. The molecule has 0 radical (unpaired) electrons. The Morgan fingerprint density at radius 1 is 1.43 bits per heavy atom. The molecule has 1 heterocycles. The van der Waals surface area contributed by atoms with Crippen molar-refractivity contribution in [3.63, 3.8) is 0 Å². The molecule has 0 aromatic carbocycles. The summed E-state index contributed by atoms with van der Waals surface area (Å²) >= 11 is 0. The highest BCUT2D eigenvalue weighted by atomic mass is 16.7. The van der Waals surface area contributed by atoms with Gasteiger partial charge in [-0.15, -0.1) is 0 Å². The van der Waals surface area contributed by atoms with Gasteiger partial charge in [-0.05, 0) is 25.8 Å². The minimum atomic E-state index is -0.139. The van der Waals surface area contributed by atoms with Crippen molar-refractivity contribution in [2.75, 3.05) is 33.9 Å². The van der Waals surface area contributed by atoms with Gasteiger partial charge in [-0.25, -0.2) is 0 Å². The van der Waals surface area contributed by atoms with E-state index in [-0.39, 0.29) is 6.29 Å². The van der Waals surface area contributed by atoms with Crippen molar-refractivity contribution in [2.45, 2.75) is 31.7 Å². The van der Waals surface area contributed by atoms with Crippen molar-refractivity contribution in [3.05, 3.63) is 0 Å². The van der Waals surface area contributed by atoms with Crippen LogP contribution in [0.4, 0.5) is 0 Å². The van der Waals surface area contributed by atoms with Gasteiger partial charge in [0, 0.05) is 27.4 Å². The summed E-state index contributed by atoms with van der Waals surface area (Å²) in [6, 6.07) is 0. The van der Waals surface area contributed by atoms with Crippen molar-refractivity contribution in [3.8, 4) is 0 Å². The van der Waals surface area contributed by atoms with Crippen LogP contribution in [0.5, 0.6) is 0 Å². The zero-order valence-corrected chi connectivity index (χ0v) is 9.12. The smallest absolute Gasteiger partial charge is 0.169 e. The van der Waals surface area contributed by atoms with Crippen LogP contribution in [0, 0.1) is 0 Å². The third-order valence-electron chi connectivity index (χ3n) is 2.50. The fraction of sp³-hybridized carbons (Fsp3) is 1.00. The first-order valence-electron chi connectivity index (χ1n) is 5.24. The molecule has 0 saturated carbocycles. The molecule has 1 rings (SSSR count). The molecule has 0 spiro atoms. The Hall–Kier alpha value is -0.160. The van der Waals surface area contributed by atoms with Crippen LogP contribution in [0.3, 0.4) is 0 Å². The van der Waals surface area contributed by atoms with E-state index in [9.17, 15) is 0 Å². The van der Waals surface area contributed by atoms with E-state index in [0.29, 0.717) is 6.10 Å². The van der Waals surface area contributed by atoms with Crippen molar-refractivity contribution in [2.24, 2.45) is 0 Å². The Morgan fingerprint density at radius 3 is 2.79 bits per heavy atom. The van der Waals surface area contributed by atoms with Crippen LogP contribution in [0.1, 0.15) is 19.3 Å². The first kappa shape index (κ1) is 11.9. The summed E-state index contributed by atoms with van der Waals surface area (Å²) < 4.78 is 15.6. The van der Waals surface area contributed by atoms with Gasteiger partial charge in [-0.1, -0.05) is 0 Å². The zero-order chi connectivity index (χ0) is 10.2. The van der Waals surface area contributed by atoms with Crippen LogP contribution >= 0.6 is 0 Å². The second kappa shape index (κ2) is 7.17. The molecule has 1 aliphatic rings. The number of hydrogen-bond donors (Lipinski definition) is 1. The highest BCUT2D eigenvalue weighted by molar-refractivity contribution is 4.66. The molecule has 1 N–H and O–H groups in total. The lowest BCUT2D eigenvalue weighted by atomic mass is 10.2. The van der Waals surface area contributed by atoms with E-state index < -0.39 is 0 Å². The van der Waals surface area contributed by atoms with Crippen LogP contribution in [0.15, 0.2) is 0 Å². The molecular formula is C10H21NO3. The summed E-state index contributed by atoms with van der Waals surface area (Å²) in [5, 5.41) is 3.28. The molecular weight excluding hydrogens is 182 g/mol. The number of ether oxygens (including phenoxy) is 3. The first-order chi connectivity index (χ1) is 6.86. The van der Waals surface area contributed by atoms with E-state index in [4.69, 9.17) is 14.2 Å². The number of methoxy groups -OCH3 is 2. The molecule has 14 heavy (non-hydrogen) atoms. The molecule has 0 aromatic heterocycles. The molecule has 4 nitrogen and oxygen atoms in total. The molecule has 1 fully saturated rings. The summed E-state index contributed by atoms with van der Waals surface area (Å²) in [5.41, 5.74) is 0. The maximum atomic E-state index is 5.51. The van der Waals surface area contributed by atoms with Crippen molar-refractivity contribution < 1.29 is 14.2 Å². The van der Waals surface area contributed by atoms with E-state index in [1.807, 2.05) is 0 Å². The Kier molecular flexibility index (Phi) is 6.10. The molecule has 0 bridgehead atoms. The van der Waals surface area contributed by atoms with Crippen LogP contribution in [-0.4, -0.2) is 46.3 Å². The highest BCUT2D eigenvalue weighted by Crippen LogP contribution is 2.14. The van der Waals surface area contributed by atoms with Gasteiger partial charge in [-0.2, -0.15) is 0 Å². The molecule has 0 aromatic rings. The van der Waals surface area contributed by atoms with Crippen LogP contribution in [-0.2, 0) is 14.2 Å². The van der Waals surface area contributed by atoms with Crippen molar-refractivity contribution in [1.29, 1.82) is 0 Å². The quantitative estimate of drug-likeness (QED) is 0.490. The Balaban J connectivity index is 1.92. The Morgan fingerprint density at radius 2 is 2.21 bits per heavy atom. The average Bonchev–Trinajstić information content (AvgIpc) is 2.71. The number of nitrogens with one attached hydrogen (secondary N) is 1. The summed E-state index contributed by atoms with van der Waals surface area (Å²) in [7, 11) is 3.30. The maximum absolute atomic E-state index is 5.51. The van der Waals surface area contributed by atoms with Gasteiger partial charge in [-0.3, -0.25) is 0 Å². The van der Waals surface area contributed by atoms with Crippen LogP contribution < -0.4 is 5.32 Å². The molecule has 1 aliphatic heterocycles. The summed E-state index contributed by atoms with van der Waals surface area (Å²) in [6.07, 6.45) is 3.83. The highest BCUT2D eigenvalue weighted by Gasteiger charge is 2.14. The minimum absolute atomic E-state index is 0.139. The van der Waals surface area contributed by atoms with Crippen molar-refractivity contribution >= 4 is 0 Å². The third-order valence-corrected chi connectivity index (χ3v) is 2.50.